The highest BCUT2D eigenvalue weighted by atomic mass is 79.9. The number of ether oxygens (including phenoxy) is 2. The summed E-state index contributed by atoms with van der Waals surface area (Å²) in [7, 11) is 1.60. The van der Waals surface area contributed by atoms with E-state index in [2.05, 4.69) is 40.2 Å². The number of hydrogen-bond donors (Lipinski definition) is 0. The molecule has 1 saturated heterocycles. The Hall–Kier alpha value is -2.35. The predicted molar refractivity (Wildman–Crippen MR) is 135 cm³/mol. The van der Waals surface area contributed by atoms with E-state index in [9.17, 15) is 4.79 Å². The molecule has 0 aromatic heterocycles. The number of halogens is 1. The van der Waals surface area contributed by atoms with Gasteiger partial charge >= 0.3 is 0 Å². The summed E-state index contributed by atoms with van der Waals surface area (Å²) in [6, 6.07) is 18.2. The van der Waals surface area contributed by atoms with Crippen LogP contribution in [-0.2, 0) is 11.4 Å². The van der Waals surface area contributed by atoms with Crippen molar-refractivity contribution in [3.05, 3.63) is 75.1 Å². The van der Waals surface area contributed by atoms with Crippen LogP contribution in [0.25, 0.3) is 16.8 Å². The molecule has 3 aromatic rings. The summed E-state index contributed by atoms with van der Waals surface area (Å²) in [4.78, 5) is 14.7. The average molecular weight is 514 g/mol. The first-order valence-corrected chi connectivity index (χ1v) is 11.8. The molecule has 0 saturated carbocycles. The minimum Gasteiger partial charge on any atom is -0.493 e. The van der Waals surface area contributed by atoms with E-state index in [1.54, 1.807) is 12.0 Å². The minimum absolute atomic E-state index is 0.0659. The molecule has 1 fully saturated rings. The summed E-state index contributed by atoms with van der Waals surface area (Å²) in [5, 5.41) is 2.34. The van der Waals surface area contributed by atoms with Crippen molar-refractivity contribution < 1.29 is 14.3 Å². The summed E-state index contributed by atoms with van der Waals surface area (Å²) in [5.74, 6) is 1.14. The summed E-state index contributed by atoms with van der Waals surface area (Å²) in [5.41, 5.74) is 1.93. The Morgan fingerprint density at radius 1 is 1.16 bits per heavy atom. The van der Waals surface area contributed by atoms with Crippen molar-refractivity contribution in [3.8, 4) is 11.5 Å². The summed E-state index contributed by atoms with van der Waals surface area (Å²) >= 11 is 10.2. The van der Waals surface area contributed by atoms with Gasteiger partial charge in [0.25, 0.3) is 5.91 Å². The van der Waals surface area contributed by atoms with Crippen molar-refractivity contribution in [1.82, 2.24) is 4.90 Å². The van der Waals surface area contributed by atoms with Gasteiger partial charge < -0.3 is 9.47 Å². The second-order valence-electron chi connectivity index (χ2n) is 6.89. The Morgan fingerprint density at radius 3 is 2.68 bits per heavy atom. The topological polar surface area (TPSA) is 38.8 Å². The summed E-state index contributed by atoms with van der Waals surface area (Å²) in [6.07, 6.45) is 1.83. The highest BCUT2D eigenvalue weighted by molar-refractivity contribution is 9.10. The van der Waals surface area contributed by atoms with E-state index in [0.717, 1.165) is 21.0 Å². The maximum atomic E-state index is 12.5. The van der Waals surface area contributed by atoms with Crippen molar-refractivity contribution in [3.63, 3.8) is 0 Å². The first kappa shape index (κ1) is 21.9. The van der Waals surface area contributed by atoms with E-state index < -0.39 is 0 Å². The molecule has 1 heterocycles. The Morgan fingerprint density at radius 2 is 1.94 bits per heavy atom. The third kappa shape index (κ3) is 4.49. The number of nitrogens with zero attached hydrogens (tertiary/aromatic N) is 1. The maximum Gasteiger partial charge on any atom is 0.266 e. The highest BCUT2D eigenvalue weighted by Crippen LogP contribution is 2.39. The molecular weight excluding hydrogens is 494 g/mol. The van der Waals surface area contributed by atoms with Gasteiger partial charge in [-0.15, -0.1) is 0 Å². The lowest BCUT2D eigenvalue weighted by atomic mass is 10.1. The smallest absolute Gasteiger partial charge is 0.266 e. The van der Waals surface area contributed by atoms with E-state index in [1.807, 2.05) is 43.3 Å². The quantitative estimate of drug-likeness (QED) is 0.281. The van der Waals surface area contributed by atoms with Gasteiger partial charge in [-0.1, -0.05) is 66.4 Å². The Balaban J connectivity index is 1.61. The standard InChI is InChI=1S/C24H20BrNO3S2/c1-3-26-23(27)21(31-24(26)30)13-15-11-19(25)22(20(12-15)28-2)29-14-17-9-6-8-16-7-4-5-10-18(16)17/h4-13H,3,14H2,1-2H3/b21-13-. The first-order chi connectivity index (χ1) is 15.0. The number of carbonyl (C=O) groups excluding carboxylic acids is 1. The van der Waals surface area contributed by atoms with Gasteiger partial charge in [0.05, 0.1) is 16.5 Å². The van der Waals surface area contributed by atoms with E-state index in [1.165, 1.54) is 17.1 Å². The monoisotopic (exact) mass is 513 g/mol. The highest BCUT2D eigenvalue weighted by Gasteiger charge is 2.30. The zero-order chi connectivity index (χ0) is 22.0. The van der Waals surface area contributed by atoms with Crippen molar-refractivity contribution in [2.75, 3.05) is 13.7 Å². The van der Waals surface area contributed by atoms with E-state index >= 15 is 0 Å². The van der Waals surface area contributed by atoms with Crippen molar-refractivity contribution in [1.29, 1.82) is 0 Å². The SMILES string of the molecule is CCN1C(=O)/C(=C/c2cc(Br)c(OCc3cccc4ccccc34)c(OC)c2)SC1=S. The van der Waals surface area contributed by atoms with Crippen LogP contribution in [0.5, 0.6) is 11.5 Å². The van der Waals surface area contributed by atoms with Gasteiger partial charge in [-0.25, -0.2) is 0 Å². The molecule has 1 aliphatic rings. The number of rotatable bonds is 6. The number of benzene rings is 3. The summed E-state index contributed by atoms with van der Waals surface area (Å²) in [6.45, 7) is 2.89. The maximum absolute atomic E-state index is 12.5. The number of likely N-dealkylation sites (N-methyl/N-ethyl adjacent to an activating group) is 1. The molecule has 1 aliphatic heterocycles. The molecule has 4 rings (SSSR count). The molecule has 0 N–H and O–H groups in total. The fourth-order valence-electron chi connectivity index (χ4n) is 3.46. The minimum atomic E-state index is -0.0659. The van der Waals surface area contributed by atoms with Crippen LogP contribution in [0.1, 0.15) is 18.1 Å². The Bertz CT molecular complexity index is 1200. The molecule has 0 radical (unpaired) electrons. The second kappa shape index (κ2) is 9.42. The van der Waals surface area contributed by atoms with Crippen LogP contribution in [0.2, 0.25) is 0 Å². The molecule has 1 amide bonds. The van der Waals surface area contributed by atoms with Crippen LogP contribution >= 0.6 is 39.9 Å². The fourth-order valence-corrected chi connectivity index (χ4v) is 5.41. The largest absolute Gasteiger partial charge is 0.493 e. The average Bonchev–Trinajstić information content (AvgIpc) is 3.04. The molecule has 3 aromatic carbocycles. The van der Waals surface area contributed by atoms with Crippen molar-refractivity contribution >= 4 is 67.0 Å². The van der Waals surface area contributed by atoms with Crippen LogP contribution in [0.4, 0.5) is 0 Å². The number of carbonyl (C=O) groups is 1. The number of thiocarbonyl (C=S) groups is 1. The number of fused-ring (bicyclic) bond motifs is 1. The lowest BCUT2D eigenvalue weighted by molar-refractivity contribution is -0.121. The van der Waals surface area contributed by atoms with E-state index in [4.69, 9.17) is 21.7 Å². The van der Waals surface area contributed by atoms with Gasteiger partial charge in [0.1, 0.15) is 10.9 Å². The van der Waals surface area contributed by atoms with Crippen LogP contribution in [0.15, 0.2) is 64.0 Å². The number of methoxy groups -OCH3 is 1. The van der Waals surface area contributed by atoms with Gasteiger partial charge in [-0.3, -0.25) is 9.69 Å². The zero-order valence-corrected chi connectivity index (χ0v) is 20.3. The fraction of sp³-hybridized carbons (Fsp3) is 0.167. The molecule has 0 bridgehead atoms. The van der Waals surface area contributed by atoms with Crippen LogP contribution in [0, 0.1) is 0 Å². The molecule has 0 unspecified atom stereocenters. The number of hydrogen-bond acceptors (Lipinski definition) is 5. The van der Waals surface area contributed by atoms with Gasteiger partial charge in [0.2, 0.25) is 0 Å². The van der Waals surface area contributed by atoms with E-state index in [0.29, 0.717) is 33.9 Å². The Labute approximate surface area is 199 Å². The number of amides is 1. The molecule has 0 spiro atoms. The van der Waals surface area contributed by atoms with Gasteiger partial charge in [-0.05, 0) is 63.0 Å². The normalized spacial score (nSPS) is 15.2. The molecule has 158 valence electrons. The molecule has 0 atom stereocenters. The predicted octanol–water partition coefficient (Wildman–Crippen LogP) is 6.41. The first-order valence-electron chi connectivity index (χ1n) is 9.74. The van der Waals surface area contributed by atoms with Gasteiger partial charge in [0.15, 0.2) is 11.5 Å². The summed E-state index contributed by atoms with van der Waals surface area (Å²) < 4.78 is 13.1. The third-order valence-electron chi connectivity index (χ3n) is 4.99. The van der Waals surface area contributed by atoms with Crippen LogP contribution < -0.4 is 9.47 Å². The Kier molecular flexibility index (Phi) is 6.65. The molecule has 7 heteroatoms. The lowest BCUT2D eigenvalue weighted by Crippen LogP contribution is -2.27. The van der Waals surface area contributed by atoms with Crippen molar-refractivity contribution in [2.24, 2.45) is 0 Å². The van der Waals surface area contributed by atoms with Gasteiger partial charge in [0, 0.05) is 6.54 Å². The lowest BCUT2D eigenvalue weighted by Gasteiger charge is -2.15. The van der Waals surface area contributed by atoms with Crippen molar-refractivity contribution in [2.45, 2.75) is 13.5 Å². The van der Waals surface area contributed by atoms with Gasteiger partial charge in [-0.2, -0.15) is 0 Å². The molecular formula is C24H20BrNO3S2. The molecule has 4 nitrogen and oxygen atoms in total. The van der Waals surface area contributed by atoms with Crippen LogP contribution in [-0.4, -0.2) is 28.8 Å². The number of thioether (sulfide) groups is 1. The molecule has 31 heavy (non-hydrogen) atoms. The second-order valence-corrected chi connectivity index (χ2v) is 9.42. The molecule has 0 aliphatic carbocycles. The zero-order valence-electron chi connectivity index (χ0n) is 17.1. The van der Waals surface area contributed by atoms with Crippen LogP contribution in [0.3, 0.4) is 0 Å². The van der Waals surface area contributed by atoms with E-state index in [-0.39, 0.29) is 5.91 Å². The third-order valence-corrected chi connectivity index (χ3v) is 6.96.